The van der Waals surface area contributed by atoms with E-state index in [0.29, 0.717) is 5.56 Å². The smallest absolute Gasteiger partial charge is 0.240 e. The van der Waals surface area contributed by atoms with Crippen LogP contribution >= 0.6 is 11.6 Å². The van der Waals surface area contributed by atoms with Gasteiger partial charge in [0.25, 0.3) is 0 Å². The Bertz CT molecular complexity index is 782. The Labute approximate surface area is 151 Å². The number of benzene rings is 1. The number of nitrogens with zero attached hydrogens (tertiary/aromatic N) is 1. The van der Waals surface area contributed by atoms with Crippen LogP contribution < -0.4 is 5.32 Å². The molecule has 0 bridgehead atoms. The van der Waals surface area contributed by atoms with Crippen molar-refractivity contribution >= 4 is 33.3 Å². The van der Waals surface area contributed by atoms with Gasteiger partial charge in [-0.15, -0.1) is 0 Å². The van der Waals surface area contributed by atoms with Crippen molar-refractivity contribution in [3.8, 4) is 0 Å². The van der Waals surface area contributed by atoms with E-state index in [2.05, 4.69) is 5.32 Å². The van der Waals surface area contributed by atoms with Gasteiger partial charge in [0.05, 0.1) is 17.2 Å². The van der Waals surface area contributed by atoms with Crippen LogP contribution in [0.1, 0.15) is 19.4 Å². The normalized spacial score (nSPS) is 19.7. The molecule has 2 rings (SSSR count). The van der Waals surface area contributed by atoms with Gasteiger partial charge in [-0.3, -0.25) is 9.59 Å². The maximum absolute atomic E-state index is 13.2. The van der Waals surface area contributed by atoms with E-state index in [1.54, 1.807) is 13.8 Å². The zero-order valence-corrected chi connectivity index (χ0v) is 15.5. The largest absolute Gasteiger partial charge is 0.353 e. The van der Waals surface area contributed by atoms with Crippen molar-refractivity contribution in [2.45, 2.75) is 31.6 Å². The molecule has 6 nitrogen and oxygen atoms in total. The molecule has 1 saturated heterocycles. The van der Waals surface area contributed by atoms with E-state index in [9.17, 15) is 22.4 Å². The van der Waals surface area contributed by atoms with Gasteiger partial charge in [-0.1, -0.05) is 17.7 Å². The molecule has 0 saturated carbocycles. The van der Waals surface area contributed by atoms with Crippen LogP contribution in [-0.2, 0) is 25.8 Å². The third kappa shape index (κ3) is 4.92. The minimum atomic E-state index is -3.60. The Balaban J connectivity index is 2.10. The van der Waals surface area contributed by atoms with Gasteiger partial charge in [0.15, 0.2) is 15.1 Å². The zero-order chi connectivity index (χ0) is 18.8. The Morgan fingerprint density at radius 2 is 2.08 bits per heavy atom. The number of amides is 2. The van der Waals surface area contributed by atoms with Crippen LogP contribution in [0.15, 0.2) is 18.2 Å². The highest BCUT2D eigenvalue weighted by atomic mass is 35.5. The molecule has 0 aromatic heterocycles. The van der Waals surface area contributed by atoms with Crippen molar-refractivity contribution in [3.05, 3.63) is 34.6 Å². The van der Waals surface area contributed by atoms with Gasteiger partial charge in [-0.25, -0.2) is 12.8 Å². The Kier molecular flexibility index (Phi) is 6.05. The molecule has 2 amide bonds. The molecule has 0 radical (unpaired) electrons. The summed E-state index contributed by atoms with van der Waals surface area (Å²) in [5.41, 5.74) is 0.521. The number of hydrogen-bond acceptors (Lipinski definition) is 4. The molecular formula is C16H20ClFN2O4S. The molecule has 1 aromatic rings. The molecule has 0 aliphatic carbocycles. The fourth-order valence-corrected chi connectivity index (χ4v) is 4.33. The second kappa shape index (κ2) is 7.70. The van der Waals surface area contributed by atoms with E-state index >= 15 is 0 Å². The lowest BCUT2D eigenvalue weighted by Gasteiger charge is -2.32. The first-order chi connectivity index (χ1) is 11.6. The zero-order valence-electron chi connectivity index (χ0n) is 14.0. The predicted octanol–water partition coefficient (Wildman–Crippen LogP) is 1.17. The average molecular weight is 391 g/mol. The van der Waals surface area contributed by atoms with Gasteiger partial charge in [-0.2, -0.15) is 0 Å². The molecular weight excluding hydrogens is 371 g/mol. The minimum absolute atomic E-state index is 0.0293. The van der Waals surface area contributed by atoms with Gasteiger partial charge in [0, 0.05) is 19.1 Å². The van der Waals surface area contributed by atoms with Crippen molar-refractivity contribution in [1.29, 1.82) is 0 Å². The van der Waals surface area contributed by atoms with Crippen LogP contribution in [0.5, 0.6) is 0 Å². The molecule has 1 heterocycles. The summed E-state index contributed by atoms with van der Waals surface area (Å²) in [4.78, 5) is 25.9. The lowest BCUT2D eigenvalue weighted by atomic mass is 10.1. The van der Waals surface area contributed by atoms with Gasteiger partial charge < -0.3 is 10.2 Å². The van der Waals surface area contributed by atoms with Crippen molar-refractivity contribution in [2.75, 3.05) is 18.8 Å². The van der Waals surface area contributed by atoms with Gasteiger partial charge >= 0.3 is 0 Å². The Morgan fingerprint density at radius 1 is 1.40 bits per heavy atom. The molecule has 1 aromatic carbocycles. The number of carbonyl (C=O) groups excluding carboxylic acids is 2. The fourth-order valence-electron chi connectivity index (χ4n) is 2.57. The summed E-state index contributed by atoms with van der Waals surface area (Å²) in [7, 11) is -3.60. The summed E-state index contributed by atoms with van der Waals surface area (Å²) in [6, 6.07) is 3.78. The standard InChI is InChI=1S/C16H20ClFN2O4S/c1-10(2)19-16(22)14-9-20(5-6-25(14,23)24)15(21)8-11-3-4-13(18)12(17)7-11/h3-4,7,10,14H,5-6,8-9H2,1-2H3,(H,19,22). The number of rotatable bonds is 4. The van der Waals surface area contributed by atoms with Crippen LogP contribution in [0.4, 0.5) is 4.39 Å². The maximum atomic E-state index is 13.2. The van der Waals surface area contributed by atoms with E-state index < -0.39 is 26.8 Å². The van der Waals surface area contributed by atoms with Crippen LogP contribution in [0.25, 0.3) is 0 Å². The fraction of sp³-hybridized carbons (Fsp3) is 0.500. The van der Waals surface area contributed by atoms with Gasteiger partial charge in [0.1, 0.15) is 5.82 Å². The molecule has 0 spiro atoms. The van der Waals surface area contributed by atoms with Gasteiger partial charge in [-0.05, 0) is 31.5 Å². The lowest BCUT2D eigenvalue weighted by molar-refractivity contribution is -0.131. The monoisotopic (exact) mass is 390 g/mol. The summed E-state index contributed by atoms with van der Waals surface area (Å²) in [5, 5.41) is 1.22. The highest BCUT2D eigenvalue weighted by Gasteiger charge is 2.39. The maximum Gasteiger partial charge on any atom is 0.240 e. The van der Waals surface area contributed by atoms with E-state index in [1.807, 2.05) is 0 Å². The Morgan fingerprint density at radius 3 is 2.68 bits per heavy atom. The molecule has 1 N–H and O–H groups in total. The summed E-state index contributed by atoms with van der Waals surface area (Å²) >= 11 is 5.70. The van der Waals surface area contributed by atoms with Crippen LogP contribution in [-0.4, -0.2) is 55.3 Å². The summed E-state index contributed by atoms with van der Waals surface area (Å²) in [6.45, 7) is 3.30. The van der Waals surface area contributed by atoms with E-state index in [4.69, 9.17) is 11.6 Å². The van der Waals surface area contributed by atoms with E-state index in [-0.39, 0.29) is 42.2 Å². The summed E-state index contributed by atoms with van der Waals surface area (Å²) in [5.74, 6) is -1.77. The number of carbonyl (C=O) groups is 2. The summed E-state index contributed by atoms with van der Waals surface area (Å²) in [6.07, 6.45) is -0.0431. The molecule has 1 unspecified atom stereocenters. The van der Waals surface area contributed by atoms with E-state index in [0.717, 1.165) is 0 Å². The second-order valence-corrected chi connectivity index (χ2v) is 8.99. The molecule has 25 heavy (non-hydrogen) atoms. The van der Waals surface area contributed by atoms with E-state index in [1.165, 1.54) is 23.1 Å². The van der Waals surface area contributed by atoms with Crippen molar-refractivity contribution in [2.24, 2.45) is 0 Å². The number of hydrogen-bond donors (Lipinski definition) is 1. The molecule has 1 fully saturated rings. The SMILES string of the molecule is CC(C)NC(=O)C1CN(C(=O)Cc2ccc(F)c(Cl)c2)CCS1(=O)=O. The molecule has 138 valence electrons. The molecule has 1 aliphatic rings. The first-order valence-electron chi connectivity index (χ1n) is 7.84. The lowest BCUT2D eigenvalue weighted by Crippen LogP contribution is -2.56. The van der Waals surface area contributed by atoms with Crippen molar-refractivity contribution in [3.63, 3.8) is 0 Å². The number of nitrogens with one attached hydrogen (secondary N) is 1. The third-order valence-corrected chi connectivity index (χ3v) is 6.15. The highest BCUT2D eigenvalue weighted by Crippen LogP contribution is 2.18. The number of sulfone groups is 1. The second-order valence-electron chi connectivity index (χ2n) is 6.28. The molecule has 1 atom stereocenters. The Hall–Kier alpha value is -1.67. The quantitative estimate of drug-likeness (QED) is 0.836. The third-order valence-electron chi connectivity index (χ3n) is 3.88. The first-order valence-corrected chi connectivity index (χ1v) is 9.93. The van der Waals surface area contributed by atoms with Crippen LogP contribution in [0, 0.1) is 5.82 Å². The first kappa shape index (κ1) is 19.7. The van der Waals surface area contributed by atoms with Gasteiger partial charge in [0.2, 0.25) is 11.8 Å². The highest BCUT2D eigenvalue weighted by molar-refractivity contribution is 7.92. The minimum Gasteiger partial charge on any atom is -0.353 e. The topological polar surface area (TPSA) is 83.6 Å². The predicted molar refractivity (Wildman–Crippen MR) is 92.5 cm³/mol. The van der Waals surface area contributed by atoms with Crippen LogP contribution in [0.2, 0.25) is 5.02 Å². The van der Waals surface area contributed by atoms with Crippen molar-refractivity contribution in [1.82, 2.24) is 10.2 Å². The molecule has 1 aliphatic heterocycles. The van der Waals surface area contributed by atoms with Crippen LogP contribution in [0.3, 0.4) is 0 Å². The summed E-state index contributed by atoms with van der Waals surface area (Å²) < 4.78 is 37.5. The number of halogens is 2. The molecule has 9 heteroatoms. The average Bonchev–Trinajstić information content (AvgIpc) is 2.49. The van der Waals surface area contributed by atoms with Crippen molar-refractivity contribution < 1.29 is 22.4 Å².